The van der Waals surface area contributed by atoms with Gasteiger partial charge in [0, 0.05) is 12.2 Å². The molecule has 2 aromatic rings. The zero-order valence-electron chi connectivity index (χ0n) is 10.7. The fourth-order valence-electron chi connectivity index (χ4n) is 1.98. The Morgan fingerprint density at radius 1 is 1.47 bits per heavy atom. The average Bonchev–Trinajstić information content (AvgIpc) is 2.81. The largest absolute Gasteiger partial charge is 0.328 e. The summed E-state index contributed by atoms with van der Waals surface area (Å²) >= 11 is 1.57. The van der Waals surface area contributed by atoms with Gasteiger partial charge in [-0.3, -0.25) is 14.2 Å². The van der Waals surface area contributed by atoms with Crippen molar-refractivity contribution < 1.29 is 4.79 Å². The standard InChI is InChI=1S/C13H14N2O3S/c1-8(5-10-3-4-19-7-10)15-12(17)11(9(2)16)6-14-13(15)18/h3-4,6-8H,5H2,1-2H3,(H,14,18). The van der Waals surface area contributed by atoms with Crippen LogP contribution in [0.1, 0.15) is 35.8 Å². The monoisotopic (exact) mass is 278 g/mol. The van der Waals surface area contributed by atoms with Crippen LogP contribution in [0, 0.1) is 0 Å². The van der Waals surface area contributed by atoms with Gasteiger partial charge in [-0.1, -0.05) is 0 Å². The first-order valence-corrected chi connectivity index (χ1v) is 6.81. The topological polar surface area (TPSA) is 71.9 Å². The number of aromatic nitrogens is 2. The summed E-state index contributed by atoms with van der Waals surface area (Å²) in [6, 6.07) is 1.65. The van der Waals surface area contributed by atoms with Crippen LogP contribution in [0.2, 0.25) is 0 Å². The van der Waals surface area contributed by atoms with E-state index in [0.29, 0.717) is 6.42 Å². The number of H-pyrrole nitrogens is 1. The second kappa shape index (κ2) is 5.36. The van der Waals surface area contributed by atoms with Crippen molar-refractivity contribution in [2.45, 2.75) is 26.3 Å². The van der Waals surface area contributed by atoms with E-state index in [1.54, 1.807) is 18.3 Å². The number of nitrogens with one attached hydrogen (secondary N) is 1. The molecule has 0 fully saturated rings. The molecule has 1 N–H and O–H groups in total. The van der Waals surface area contributed by atoms with E-state index in [0.717, 1.165) is 10.1 Å². The quantitative estimate of drug-likeness (QED) is 0.863. The van der Waals surface area contributed by atoms with Crippen molar-refractivity contribution >= 4 is 17.1 Å². The van der Waals surface area contributed by atoms with E-state index in [-0.39, 0.29) is 17.4 Å². The SMILES string of the molecule is CC(=O)c1c[nH]c(=O)n(C(C)Cc2ccsc2)c1=O. The minimum atomic E-state index is -0.529. The Morgan fingerprint density at radius 2 is 2.21 bits per heavy atom. The highest BCUT2D eigenvalue weighted by Gasteiger charge is 2.16. The summed E-state index contributed by atoms with van der Waals surface area (Å²) in [7, 11) is 0. The fraction of sp³-hybridized carbons (Fsp3) is 0.308. The van der Waals surface area contributed by atoms with Gasteiger partial charge in [-0.15, -0.1) is 0 Å². The van der Waals surface area contributed by atoms with Crippen molar-refractivity contribution in [2.75, 3.05) is 0 Å². The fourth-order valence-corrected chi connectivity index (χ4v) is 2.66. The van der Waals surface area contributed by atoms with Gasteiger partial charge >= 0.3 is 5.69 Å². The highest BCUT2D eigenvalue weighted by Crippen LogP contribution is 2.13. The van der Waals surface area contributed by atoms with E-state index < -0.39 is 11.2 Å². The molecule has 0 amide bonds. The van der Waals surface area contributed by atoms with Gasteiger partial charge in [-0.2, -0.15) is 11.3 Å². The lowest BCUT2D eigenvalue weighted by Crippen LogP contribution is -2.40. The number of Topliss-reactive ketones (excluding diaryl/α,β-unsaturated/α-hetero) is 1. The molecule has 0 bridgehead atoms. The van der Waals surface area contributed by atoms with Crippen LogP contribution in [0.3, 0.4) is 0 Å². The Kier molecular flexibility index (Phi) is 3.80. The van der Waals surface area contributed by atoms with Gasteiger partial charge in [0.05, 0.1) is 5.56 Å². The zero-order chi connectivity index (χ0) is 14.0. The molecular formula is C13H14N2O3S. The van der Waals surface area contributed by atoms with Gasteiger partial charge in [0.1, 0.15) is 0 Å². The van der Waals surface area contributed by atoms with Gasteiger partial charge in [0.25, 0.3) is 5.56 Å². The summed E-state index contributed by atoms with van der Waals surface area (Å²) in [5.74, 6) is -0.349. The average molecular weight is 278 g/mol. The van der Waals surface area contributed by atoms with Gasteiger partial charge in [0.2, 0.25) is 0 Å². The maximum Gasteiger partial charge on any atom is 0.328 e. The smallest absolute Gasteiger partial charge is 0.313 e. The molecule has 100 valence electrons. The summed E-state index contributed by atoms with van der Waals surface area (Å²) in [5, 5.41) is 3.92. The molecule has 0 aliphatic rings. The number of carbonyl (C=O) groups excluding carboxylic acids is 1. The molecule has 0 aliphatic carbocycles. The second-order valence-electron chi connectivity index (χ2n) is 4.42. The third-order valence-corrected chi connectivity index (χ3v) is 3.67. The Balaban J connectivity index is 2.44. The Bertz CT molecular complexity index is 697. The second-order valence-corrected chi connectivity index (χ2v) is 5.20. The number of hydrogen-bond acceptors (Lipinski definition) is 4. The van der Waals surface area contributed by atoms with Crippen molar-refractivity contribution in [3.05, 3.63) is 55.0 Å². The maximum absolute atomic E-state index is 12.1. The molecule has 0 spiro atoms. The first-order valence-electron chi connectivity index (χ1n) is 5.87. The third-order valence-electron chi connectivity index (χ3n) is 2.94. The third kappa shape index (κ3) is 2.73. The van der Waals surface area contributed by atoms with Crippen molar-refractivity contribution in [2.24, 2.45) is 0 Å². The van der Waals surface area contributed by atoms with Crippen molar-refractivity contribution in [1.82, 2.24) is 9.55 Å². The summed E-state index contributed by atoms with van der Waals surface area (Å²) in [4.78, 5) is 37.7. The highest BCUT2D eigenvalue weighted by molar-refractivity contribution is 7.07. The van der Waals surface area contributed by atoms with E-state index in [1.807, 2.05) is 16.8 Å². The number of carbonyl (C=O) groups is 1. The van der Waals surface area contributed by atoms with E-state index in [9.17, 15) is 14.4 Å². The predicted octanol–water partition coefficient (Wildman–Crippen LogP) is 1.60. The van der Waals surface area contributed by atoms with E-state index in [1.165, 1.54) is 13.1 Å². The van der Waals surface area contributed by atoms with Crippen molar-refractivity contribution in [3.63, 3.8) is 0 Å². The van der Waals surface area contributed by atoms with Crippen LogP contribution in [-0.2, 0) is 6.42 Å². The van der Waals surface area contributed by atoms with Crippen LogP contribution in [0.5, 0.6) is 0 Å². The molecule has 6 heteroatoms. The van der Waals surface area contributed by atoms with Gasteiger partial charge in [-0.05, 0) is 42.7 Å². The molecule has 0 aliphatic heterocycles. The van der Waals surface area contributed by atoms with Crippen LogP contribution < -0.4 is 11.2 Å². The number of ketones is 1. The summed E-state index contributed by atoms with van der Waals surface area (Å²) in [5.41, 5.74) is 0.0607. The highest BCUT2D eigenvalue weighted by atomic mass is 32.1. The van der Waals surface area contributed by atoms with Gasteiger partial charge in [0.15, 0.2) is 5.78 Å². The minimum Gasteiger partial charge on any atom is -0.313 e. The molecule has 1 atom stereocenters. The van der Waals surface area contributed by atoms with Crippen molar-refractivity contribution in [3.8, 4) is 0 Å². The molecule has 2 rings (SSSR count). The minimum absolute atomic E-state index is 0.0109. The lowest BCUT2D eigenvalue weighted by atomic mass is 10.1. The van der Waals surface area contributed by atoms with Gasteiger partial charge < -0.3 is 4.98 Å². The van der Waals surface area contributed by atoms with Crippen LogP contribution in [0.25, 0.3) is 0 Å². The Morgan fingerprint density at radius 3 is 2.79 bits per heavy atom. The number of hydrogen-bond donors (Lipinski definition) is 1. The lowest BCUT2D eigenvalue weighted by molar-refractivity contribution is 0.101. The zero-order valence-corrected chi connectivity index (χ0v) is 11.5. The summed E-state index contributed by atoms with van der Waals surface area (Å²) in [6.45, 7) is 3.10. The Hall–Kier alpha value is -1.95. The molecule has 5 nitrogen and oxygen atoms in total. The van der Waals surface area contributed by atoms with E-state index in [2.05, 4.69) is 4.98 Å². The van der Waals surface area contributed by atoms with E-state index >= 15 is 0 Å². The van der Waals surface area contributed by atoms with Crippen LogP contribution in [0.4, 0.5) is 0 Å². The summed E-state index contributed by atoms with van der Waals surface area (Å²) in [6.07, 6.45) is 1.76. The molecular weight excluding hydrogens is 264 g/mol. The molecule has 19 heavy (non-hydrogen) atoms. The first kappa shape index (κ1) is 13.5. The molecule has 1 unspecified atom stereocenters. The Labute approximate surface area is 113 Å². The van der Waals surface area contributed by atoms with E-state index in [4.69, 9.17) is 0 Å². The molecule has 0 saturated heterocycles. The van der Waals surface area contributed by atoms with Crippen LogP contribution >= 0.6 is 11.3 Å². The van der Waals surface area contributed by atoms with Crippen LogP contribution in [-0.4, -0.2) is 15.3 Å². The summed E-state index contributed by atoms with van der Waals surface area (Å²) < 4.78 is 1.11. The molecule has 0 aromatic carbocycles. The first-order chi connectivity index (χ1) is 9.00. The van der Waals surface area contributed by atoms with Crippen molar-refractivity contribution in [1.29, 1.82) is 0 Å². The van der Waals surface area contributed by atoms with Crippen LogP contribution in [0.15, 0.2) is 32.6 Å². The number of thiophene rings is 1. The number of rotatable bonds is 4. The molecule has 2 aromatic heterocycles. The molecule has 0 radical (unpaired) electrons. The number of nitrogens with zero attached hydrogens (tertiary/aromatic N) is 1. The van der Waals surface area contributed by atoms with Gasteiger partial charge in [-0.25, -0.2) is 4.79 Å². The number of aromatic amines is 1. The lowest BCUT2D eigenvalue weighted by Gasteiger charge is -2.13. The predicted molar refractivity (Wildman–Crippen MR) is 74.1 cm³/mol. The molecule has 0 saturated carbocycles. The normalized spacial score (nSPS) is 12.3. The molecule has 2 heterocycles. The maximum atomic E-state index is 12.1.